The summed E-state index contributed by atoms with van der Waals surface area (Å²) in [6.07, 6.45) is 5.96. The molecule has 0 radical (unpaired) electrons. The fraction of sp³-hybridized carbons (Fsp3) is 0.579. The molecule has 0 spiro atoms. The van der Waals surface area contributed by atoms with E-state index in [0.29, 0.717) is 6.04 Å². The Bertz CT molecular complexity index is 592. The minimum Gasteiger partial charge on any atom is -0.372 e. The quantitative estimate of drug-likeness (QED) is 0.792. The van der Waals surface area contributed by atoms with Crippen LogP contribution in [-0.2, 0) is 9.59 Å². The second-order valence-electron chi connectivity index (χ2n) is 7.16. The molecule has 1 heterocycles. The molecule has 6 nitrogen and oxygen atoms in total. The maximum atomic E-state index is 12.1. The Hall–Kier alpha value is -2.08. The summed E-state index contributed by atoms with van der Waals surface area (Å²) in [6.45, 7) is 2.67. The van der Waals surface area contributed by atoms with Gasteiger partial charge >= 0.3 is 0 Å². The number of piperidine rings is 1. The van der Waals surface area contributed by atoms with Gasteiger partial charge in [-0.2, -0.15) is 0 Å². The maximum Gasteiger partial charge on any atom is 0.238 e. The van der Waals surface area contributed by atoms with E-state index in [1.807, 2.05) is 12.1 Å². The number of hydrogen-bond acceptors (Lipinski definition) is 4. The molecule has 0 unspecified atom stereocenters. The molecule has 2 amide bonds. The van der Waals surface area contributed by atoms with Gasteiger partial charge in [0.25, 0.3) is 0 Å². The molecule has 1 aliphatic carbocycles. The van der Waals surface area contributed by atoms with E-state index in [9.17, 15) is 9.59 Å². The van der Waals surface area contributed by atoms with Crippen LogP contribution in [0.5, 0.6) is 0 Å². The highest BCUT2D eigenvalue weighted by Gasteiger charge is 2.23. The first kappa shape index (κ1) is 17.7. The van der Waals surface area contributed by atoms with Gasteiger partial charge < -0.3 is 15.5 Å². The molecule has 1 aromatic carbocycles. The van der Waals surface area contributed by atoms with Gasteiger partial charge in [-0.15, -0.1) is 0 Å². The molecule has 2 aliphatic rings. The fourth-order valence-corrected chi connectivity index (χ4v) is 3.16. The third-order valence-electron chi connectivity index (χ3n) is 4.64. The molecule has 1 aromatic rings. The third-order valence-corrected chi connectivity index (χ3v) is 4.64. The van der Waals surface area contributed by atoms with Crippen LogP contribution in [0.4, 0.5) is 11.4 Å². The summed E-state index contributed by atoms with van der Waals surface area (Å²) >= 11 is 0. The Kier molecular flexibility index (Phi) is 5.91. The minimum absolute atomic E-state index is 0.0105. The zero-order valence-electron chi connectivity index (χ0n) is 15.0. The Balaban J connectivity index is 1.42. The van der Waals surface area contributed by atoms with Gasteiger partial charge in [0.1, 0.15) is 0 Å². The SMILES string of the molecule is CN(CC(=O)Nc1ccc(N2CCCCC2)cc1)CC(=O)NC1CC1. The molecule has 0 aromatic heterocycles. The summed E-state index contributed by atoms with van der Waals surface area (Å²) in [4.78, 5) is 28.0. The van der Waals surface area contributed by atoms with Crippen molar-refractivity contribution in [3.63, 3.8) is 0 Å². The van der Waals surface area contributed by atoms with E-state index in [1.54, 1.807) is 11.9 Å². The number of amides is 2. The summed E-state index contributed by atoms with van der Waals surface area (Å²) in [7, 11) is 1.78. The summed E-state index contributed by atoms with van der Waals surface area (Å²) in [5.74, 6) is -0.115. The topological polar surface area (TPSA) is 64.7 Å². The number of anilines is 2. The highest BCUT2D eigenvalue weighted by molar-refractivity contribution is 5.92. The van der Waals surface area contributed by atoms with E-state index in [2.05, 4.69) is 27.7 Å². The first-order chi connectivity index (χ1) is 12.1. The average Bonchev–Trinajstić information content (AvgIpc) is 3.39. The number of nitrogens with zero attached hydrogens (tertiary/aromatic N) is 2. The van der Waals surface area contributed by atoms with Gasteiger partial charge in [0.05, 0.1) is 13.1 Å². The van der Waals surface area contributed by atoms with Crippen LogP contribution in [0.25, 0.3) is 0 Å². The summed E-state index contributed by atoms with van der Waals surface area (Å²) in [5.41, 5.74) is 2.01. The standard InChI is InChI=1S/C19H28N4O2/c1-22(13-18(24)20-15-5-6-15)14-19(25)21-16-7-9-17(10-8-16)23-11-3-2-4-12-23/h7-10,15H,2-6,11-14H2,1H3,(H,20,24)(H,21,25). The number of carbonyl (C=O) groups is 2. The van der Waals surface area contributed by atoms with Gasteiger partial charge in [0, 0.05) is 30.5 Å². The lowest BCUT2D eigenvalue weighted by atomic mass is 10.1. The second kappa shape index (κ2) is 8.34. The molecule has 3 rings (SSSR count). The van der Waals surface area contributed by atoms with Crippen LogP contribution in [0.2, 0.25) is 0 Å². The summed E-state index contributed by atoms with van der Waals surface area (Å²) in [6, 6.07) is 8.37. The number of carbonyl (C=O) groups excluding carboxylic acids is 2. The lowest BCUT2D eigenvalue weighted by Crippen LogP contribution is -2.39. The molecule has 0 atom stereocenters. The van der Waals surface area contributed by atoms with Crippen molar-refractivity contribution in [2.24, 2.45) is 0 Å². The highest BCUT2D eigenvalue weighted by Crippen LogP contribution is 2.21. The third kappa shape index (κ3) is 5.74. The molecule has 0 bridgehead atoms. The summed E-state index contributed by atoms with van der Waals surface area (Å²) < 4.78 is 0. The van der Waals surface area contributed by atoms with E-state index in [4.69, 9.17) is 0 Å². The second-order valence-corrected chi connectivity index (χ2v) is 7.16. The molecule has 1 aliphatic heterocycles. The highest BCUT2D eigenvalue weighted by atomic mass is 16.2. The van der Waals surface area contributed by atoms with Crippen LogP contribution in [0.3, 0.4) is 0 Å². The predicted molar refractivity (Wildman–Crippen MR) is 99.8 cm³/mol. The van der Waals surface area contributed by atoms with Crippen molar-refractivity contribution in [1.29, 1.82) is 0 Å². The van der Waals surface area contributed by atoms with Crippen LogP contribution < -0.4 is 15.5 Å². The van der Waals surface area contributed by atoms with E-state index in [-0.39, 0.29) is 24.9 Å². The van der Waals surface area contributed by atoms with Crippen LogP contribution in [0, 0.1) is 0 Å². The van der Waals surface area contributed by atoms with Crippen LogP contribution in [-0.4, -0.2) is 56.0 Å². The Morgan fingerprint density at radius 3 is 2.32 bits per heavy atom. The van der Waals surface area contributed by atoms with E-state index < -0.39 is 0 Å². The molecule has 25 heavy (non-hydrogen) atoms. The number of hydrogen-bond donors (Lipinski definition) is 2. The van der Waals surface area contributed by atoms with Crippen molar-refractivity contribution < 1.29 is 9.59 Å². The molecule has 1 saturated carbocycles. The summed E-state index contributed by atoms with van der Waals surface area (Å²) in [5, 5.41) is 5.83. The van der Waals surface area contributed by atoms with Crippen molar-refractivity contribution >= 4 is 23.2 Å². The number of nitrogens with one attached hydrogen (secondary N) is 2. The first-order valence-corrected chi connectivity index (χ1v) is 9.23. The molecule has 1 saturated heterocycles. The number of likely N-dealkylation sites (N-methyl/N-ethyl adjacent to an activating group) is 1. The van der Waals surface area contributed by atoms with Gasteiger partial charge in [-0.25, -0.2) is 0 Å². The van der Waals surface area contributed by atoms with Gasteiger partial charge in [-0.05, 0) is 63.4 Å². The zero-order chi connectivity index (χ0) is 17.6. The van der Waals surface area contributed by atoms with Crippen molar-refractivity contribution in [3.05, 3.63) is 24.3 Å². The predicted octanol–water partition coefficient (Wildman–Crippen LogP) is 1.83. The van der Waals surface area contributed by atoms with Crippen molar-refractivity contribution in [1.82, 2.24) is 10.2 Å². The van der Waals surface area contributed by atoms with Crippen LogP contribution >= 0.6 is 0 Å². The van der Waals surface area contributed by atoms with Crippen LogP contribution in [0.15, 0.2) is 24.3 Å². The van der Waals surface area contributed by atoms with Gasteiger partial charge in [0.2, 0.25) is 11.8 Å². The normalized spacial score (nSPS) is 17.4. The fourth-order valence-electron chi connectivity index (χ4n) is 3.16. The van der Waals surface area contributed by atoms with Gasteiger partial charge in [0.15, 0.2) is 0 Å². The van der Waals surface area contributed by atoms with Crippen molar-refractivity contribution in [2.45, 2.75) is 38.1 Å². The van der Waals surface area contributed by atoms with Crippen molar-refractivity contribution in [3.8, 4) is 0 Å². The molecular formula is C19H28N4O2. The first-order valence-electron chi connectivity index (χ1n) is 9.23. The van der Waals surface area contributed by atoms with E-state index in [0.717, 1.165) is 31.6 Å². The van der Waals surface area contributed by atoms with E-state index in [1.165, 1.54) is 24.9 Å². The zero-order valence-corrected chi connectivity index (χ0v) is 15.0. The minimum atomic E-state index is -0.104. The monoisotopic (exact) mass is 344 g/mol. The van der Waals surface area contributed by atoms with Crippen molar-refractivity contribution in [2.75, 3.05) is 43.4 Å². The Morgan fingerprint density at radius 1 is 1.04 bits per heavy atom. The smallest absolute Gasteiger partial charge is 0.238 e. The Morgan fingerprint density at radius 2 is 1.68 bits per heavy atom. The number of rotatable bonds is 7. The maximum absolute atomic E-state index is 12.1. The van der Waals surface area contributed by atoms with Crippen LogP contribution in [0.1, 0.15) is 32.1 Å². The Labute approximate surface area is 149 Å². The molecule has 2 fully saturated rings. The largest absolute Gasteiger partial charge is 0.372 e. The lowest BCUT2D eigenvalue weighted by molar-refractivity contribution is -0.123. The van der Waals surface area contributed by atoms with Gasteiger partial charge in [-0.3, -0.25) is 14.5 Å². The average molecular weight is 344 g/mol. The lowest BCUT2D eigenvalue weighted by Gasteiger charge is -2.28. The van der Waals surface area contributed by atoms with E-state index >= 15 is 0 Å². The van der Waals surface area contributed by atoms with Gasteiger partial charge in [-0.1, -0.05) is 0 Å². The molecule has 136 valence electrons. The number of benzene rings is 1. The molecule has 2 N–H and O–H groups in total. The molecular weight excluding hydrogens is 316 g/mol. The molecule has 6 heteroatoms.